The second kappa shape index (κ2) is 9.01. The number of likely N-dealkylation sites (tertiary alicyclic amines) is 1. The van der Waals surface area contributed by atoms with E-state index < -0.39 is 0 Å². The molecule has 138 valence electrons. The highest BCUT2D eigenvalue weighted by Crippen LogP contribution is 2.26. The zero-order valence-corrected chi connectivity index (χ0v) is 16.3. The molecule has 26 heavy (non-hydrogen) atoms. The number of anilines is 1. The maximum Gasteiger partial charge on any atom is 0.170 e. The van der Waals surface area contributed by atoms with Crippen LogP contribution in [0.3, 0.4) is 0 Å². The van der Waals surface area contributed by atoms with Gasteiger partial charge < -0.3 is 15.4 Å². The van der Waals surface area contributed by atoms with Crippen LogP contribution in [-0.2, 0) is 0 Å². The number of benzene rings is 2. The Labute approximate surface area is 161 Å². The Morgan fingerprint density at radius 3 is 2.54 bits per heavy atom. The van der Waals surface area contributed by atoms with Crippen molar-refractivity contribution in [3.8, 4) is 5.75 Å². The number of nitrogens with one attached hydrogen (secondary N) is 2. The average molecular weight is 370 g/mol. The van der Waals surface area contributed by atoms with Gasteiger partial charge in [0.2, 0.25) is 0 Å². The topological polar surface area (TPSA) is 36.5 Å². The van der Waals surface area contributed by atoms with E-state index >= 15 is 0 Å². The van der Waals surface area contributed by atoms with Crippen molar-refractivity contribution in [3.63, 3.8) is 0 Å². The summed E-state index contributed by atoms with van der Waals surface area (Å²) in [6, 6.07) is 16.9. The molecule has 2 aromatic rings. The van der Waals surface area contributed by atoms with Crippen molar-refractivity contribution < 1.29 is 4.74 Å². The van der Waals surface area contributed by atoms with Crippen LogP contribution in [-0.4, -0.2) is 36.8 Å². The van der Waals surface area contributed by atoms with E-state index in [2.05, 4.69) is 46.7 Å². The fourth-order valence-corrected chi connectivity index (χ4v) is 3.63. The smallest absolute Gasteiger partial charge is 0.170 e. The van der Waals surface area contributed by atoms with E-state index in [1.165, 1.54) is 24.0 Å². The number of hydrogen-bond acceptors (Lipinski definition) is 3. The van der Waals surface area contributed by atoms with Crippen LogP contribution in [0.4, 0.5) is 5.69 Å². The van der Waals surface area contributed by atoms with Gasteiger partial charge in [-0.25, -0.2) is 0 Å². The fraction of sp³-hybridized carbons (Fsp3) is 0.381. The minimum Gasteiger partial charge on any atom is -0.497 e. The molecule has 1 aliphatic heterocycles. The number of nitrogens with zero attached hydrogens (tertiary/aromatic N) is 1. The minimum absolute atomic E-state index is 0.306. The van der Waals surface area contributed by atoms with Crippen molar-refractivity contribution in [1.29, 1.82) is 0 Å². The lowest BCUT2D eigenvalue weighted by Crippen LogP contribution is -2.38. The number of ether oxygens (including phenoxy) is 1. The van der Waals surface area contributed by atoms with E-state index in [4.69, 9.17) is 17.0 Å². The van der Waals surface area contributed by atoms with E-state index in [9.17, 15) is 0 Å². The summed E-state index contributed by atoms with van der Waals surface area (Å²) >= 11 is 5.50. The van der Waals surface area contributed by atoms with Gasteiger partial charge in [0.15, 0.2) is 5.11 Å². The van der Waals surface area contributed by atoms with E-state index in [1.54, 1.807) is 7.11 Å². The van der Waals surface area contributed by atoms with E-state index in [-0.39, 0.29) is 0 Å². The summed E-state index contributed by atoms with van der Waals surface area (Å²) in [7, 11) is 1.70. The van der Waals surface area contributed by atoms with Gasteiger partial charge in [0.1, 0.15) is 5.75 Å². The van der Waals surface area contributed by atoms with Crippen LogP contribution in [0.5, 0.6) is 5.75 Å². The van der Waals surface area contributed by atoms with Gasteiger partial charge in [-0.15, -0.1) is 0 Å². The number of aryl methyl sites for hydroxylation is 1. The summed E-state index contributed by atoms with van der Waals surface area (Å²) in [5.74, 6) is 0.888. The monoisotopic (exact) mass is 369 g/mol. The van der Waals surface area contributed by atoms with Crippen molar-refractivity contribution in [1.82, 2.24) is 10.2 Å². The summed E-state index contributed by atoms with van der Waals surface area (Å²) in [5, 5.41) is 7.34. The first-order valence-corrected chi connectivity index (χ1v) is 9.56. The third kappa shape index (κ3) is 4.96. The van der Waals surface area contributed by atoms with Crippen molar-refractivity contribution in [2.75, 3.05) is 32.1 Å². The van der Waals surface area contributed by atoms with Gasteiger partial charge in [-0.2, -0.15) is 0 Å². The molecule has 0 aromatic heterocycles. The van der Waals surface area contributed by atoms with Gasteiger partial charge in [0, 0.05) is 12.2 Å². The molecule has 1 atom stereocenters. The predicted molar refractivity (Wildman–Crippen MR) is 112 cm³/mol. The molecule has 5 heteroatoms. The predicted octanol–water partition coefficient (Wildman–Crippen LogP) is 4.13. The highest BCUT2D eigenvalue weighted by Gasteiger charge is 2.23. The average Bonchev–Trinajstić information content (AvgIpc) is 3.17. The van der Waals surface area contributed by atoms with E-state index in [0.717, 1.165) is 31.1 Å². The third-order valence-corrected chi connectivity index (χ3v) is 5.06. The summed E-state index contributed by atoms with van der Waals surface area (Å²) in [4.78, 5) is 2.53. The summed E-state index contributed by atoms with van der Waals surface area (Å²) in [6.07, 6.45) is 2.53. The molecule has 1 unspecified atom stereocenters. The van der Waals surface area contributed by atoms with Gasteiger partial charge >= 0.3 is 0 Å². The van der Waals surface area contributed by atoms with Gasteiger partial charge in [0.05, 0.1) is 13.2 Å². The SMILES string of the molecule is COc1ccc(C(CNC(=S)Nc2cccc(C)c2)N2CCCC2)cc1. The van der Waals surface area contributed by atoms with Gasteiger partial charge in [-0.3, -0.25) is 4.90 Å². The fourth-order valence-electron chi connectivity index (χ4n) is 3.42. The molecule has 0 amide bonds. The molecule has 1 heterocycles. The molecular weight excluding hydrogens is 342 g/mol. The Hall–Kier alpha value is -2.11. The second-order valence-corrected chi connectivity index (χ2v) is 7.14. The Balaban J connectivity index is 1.64. The number of hydrogen-bond donors (Lipinski definition) is 2. The first-order valence-electron chi connectivity index (χ1n) is 9.15. The Morgan fingerprint density at radius 1 is 1.15 bits per heavy atom. The first kappa shape index (κ1) is 18.7. The molecular formula is C21H27N3OS. The second-order valence-electron chi connectivity index (χ2n) is 6.74. The molecule has 0 saturated carbocycles. The van der Waals surface area contributed by atoms with Crippen LogP contribution < -0.4 is 15.4 Å². The number of thiocarbonyl (C=S) groups is 1. The molecule has 3 rings (SSSR count). The summed E-state index contributed by atoms with van der Waals surface area (Å²) < 4.78 is 5.29. The summed E-state index contributed by atoms with van der Waals surface area (Å²) in [6.45, 7) is 5.13. The molecule has 2 aromatic carbocycles. The lowest BCUT2D eigenvalue weighted by molar-refractivity contribution is 0.246. The zero-order valence-electron chi connectivity index (χ0n) is 15.5. The number of methoxy groups -OCH3 is 1. The lowest BCUT2D eigenvalue weighted by atomic mass is 10.1. The van der Waals surface area contributed by atoms with Gasteiger partial charge in [0.25, 0.3) is 0 Å². The molecule has 1 saturated heterocycles. The molecule has 1 aliphatic rings. The largest absolute Gasteiger partial charge is 0.497 e. The molecule has 0 radical (unpaired) electrons. The lowest BCUT2D eigenvalue weighted by Gasteiger charge is -2.29. The minimum atomic E-state index is 0.306. The van der Waals surface area contributed by atoms with Gasteiger partial charge in [-0.1, -0.05) is 24.3 Å². The van der Waals surface area contributed by atoms with Gasteiger partial charge in [-0.05, 0) is 80.5 Å². The molecule has 1 fully saturated rings. The van der Waals surface area contributed by atoms with Crippen molar-refractivity contribution in [2.45, 2.75) is 25.8 Å². The molecule has 4 nitrogen and oxygen atoms in total. The van der Waals surface area contributed by atoms with E-state index in [1.807, 2.05) is 24.3 Å². The van der Waals surface area contributed by atoms with Crippen molar-refractivity contribution >= 4 is 23.0 Å². The van der Waals surface area contributed by atoms with E-state index in [0.29, 0.717) is 11.2 Å². The highest BCUT2D eigenvalue weighted by atomic mass is 32.1. The van der Waals surface area contributed by atoms with Crippen LogP contribution in [0.1, 0.15) is 30.0 Å². The standard InChI is InChI=1S/C21H27N3OS/c1-16-6-5-7-18(14-16)23-21(26)22-15-20(24-12-3-4-13-24)17-8-10-19(25-2)11-9-17/h5-11,14,20H,3-4,12-13,15H2,1-2H3,(H2,22,23,26). The highest BCUT2D eigenvalue weighted by molar-refractivity contribution is 7.80. The molecule has 0 bridgehead atoms. The van der Waals surface area contributed by atoms with Crippen molar-refractivity contribution in [3.05, 3.63) is 59.7 Å². The Kier molecular flexibility index (Phi) is 6.47. The quantitative estimate of drug-likeness (QED) is 0.749. The maximum atomic E-state index is 5.50. The van der Waals surface area contributed by atoms with Crippen LogP contribution >= 0.6 is 12.2 Å². The molecule has 2 N–H and O–H groups in total. The van der Waals surface area contributed by atoms with Crippen LogP contribution in [0, 0.1) is 6.92 Å². The maximum absolute atomic E-state index is 5.50. The Morgan fingerprint density at radius 2 is 1.88 bits per heavy atom. The van der Waals surface area contributed by atoms with Crippen LogP contribution in [0.15, 0.2) is 48.5 Å². The molecule has 0 aliphatic carbocycles. The zero-order chi connectivity index (χ0) is 18.4. The van der Waals surface area contributed by atoms with Crippen LogP contribution in [0.2, 0.25) is 0 Å². The third-order valence-electron chi connectivity index (χ3n) is 4.81. The first-order chi connectivity index (χ1) is 12.7. The molecule has 0 spiro atoms. The normalized spacial score (nSPS) is 15.5. The van der Waals surface area contributed by atoms with Crippen molar-refractivity contribution in [2.24, 2.45) is 0 Å². The Bertz CT molecular complexity index is 726. The van der Waals surface area contributed by atoms with Crippen LogP contribution in [0.25, 0.3) is 0 Å². The summed E-state index contributed by atoms with van der Waals surface area (Å²) in [5.41, 5.74) is 3.52. The number of rotatable bonds is 6.